The molecule has 1 saturated heterocycles. The molecule has 1 aliphatic rings. The van der Waals surface area contributed by atoms with E-state index in [-0.39, 0.29) is 0 Å². The third kappa shape index (κ3) is 3.55. The van der Waals surface area contributed by atoms with E-state index in [1.165, 1.54) is 4.90 Å². The Morgan fingerprint density at radius 3 is 2.25 bits per heavy atom. The second-order valence-corrected chi connectivity index (χ2v) is 7.18. The van der Waals surface area contributed by atoms with E-state index in [1.54, 1.807) is 12.1 Å². The van der Waals surface area contributed by atoms with Crippen LogP contribution in [0.25, 0.3) is 0 Å². The lowest BCUT2D eigenvalue weighted by Gasteiger charge is -2.37. The molecule has 1 amide bonds. The van der Waals surface area contributed by atoms with Gasteiger partial charge in [0.25, 0.3) is 9.70 Å². The highest BCUT2D eigenvalue weighted by molar-refractivity contribution is 6.76. The minimum Gasteiger partial charge on any atom is -0.399 e. The van der Waals surface area contributed by atoms with Crippen molar-refractivity contribution < 1.29 is 4.79 Å². The number of piperazine rings is 1. The Kier molecular flexibility index (Phi) is 4.80. The van der Waals surface area contributed by atoms with Crippen LogP contribution in [0.5, 0.6) is 0 Å². The van der Waals surface area contributed by atoms with E-state index in [9.17, 15) is 4.79 Å². The first-order valence-electron chi connectivity index (χ1n) is 5.95. The van der Waals surface area contributed by atoms with Gasteiger partial charge in [-0.2, -0.15) is 0 Å². The van der Waals surface area contributed by atoms with Gasteiger partial charge in [-0.15, -0.1) is 0 Å². The molecule has 1 aliphatic heterocycles. The Balaban J connectivity index is 2.03. The molecular formula is C12H13Cl4N3O. The smallest absolute Gasteiger partial charge is 0.274 e. The van der Waals surface area contributed by atoms with Gasteiger partial charge in [-0.1, -0.05) is 46.4 Å². The molecule has 20 heavy (non-hydrogen) atoms. The number of rotatable bonds is 1. The molecule has 8 heteroatoms. The van der Waals surface area contributed by atoms with Gasteiger partial charge in [-0.25, -0.2) is 0 Å². The van der Waals surface area contributed by atoms with Crippen molar-refractivity contribution >= 4 is 63.7 Å². The van der Waals surface area contributed by atoms with Crippen molar-refractivity contribution in [1.29, 1.82) is 0 Å². The fourth-order valence-electron chi connectivity index (χ4n) is 2.11. The molecule has 0 saturated carbocycles. The predicted octanol–water partition coefficient (Wildman–Crippen LogP) is 2.94. The zero-order chi connectivity index (χ0) is 14.9. The molecule has 0 unspecified atom stereocenters. The molecule has 2 rings (SSSR count). The molecule has 0 radical (unpaired) electrons. The number of halogens is 4. The van der Waals surface area contributed by atoms with E-state index >= 15 is 0 Å². The average Bonchev–Trinajstić information content (AvgIpc) is 2.37. The summed E-state index contributed by atoms with van der Waals surface area (Å²) in [6, 6.07) is 5.36. The highest BCUT2D eigenvalue weighted by atomic mass is 35.6. The van der Waals surface area contributed by atoms with Crippen LogP contribution in [0.1, 0.15) is 0 Å². The summed E-state index contributed by atoms with van der Waals surface area (Å²) in [6.07, 6.45) is 0. The second-order valence-electron chi connectivity index (χ2n) is 4.49. The standard InChI is InChI=1S/C12H13Cl4N3O/c13-9-7-8(17)1-2-10(9)18-3-5-19(6-4-18)11(20)12(14,15)16/h1-2,7H,3-6,17H2. The Bertz CT molecular complexity index is 510. The molecule has 1 aromatic rings. The van der Waals surface area contributed by atoms with Crippen LogP contribution < -0.4 is 10.6 Å². The first kappa shape index (κ1) is 15.8. The van der Waals surface area contributed by atoms with E-state index in [1.807, 2.05) is 6.07 Å². The number of hydrogen-bond acceptors (Lipinski definition) is 3. The first-order valence-corrected chi connectivity index (χ1v) is 7.46. The fraction of sp³-hybridized carbons (Fsp3) is 0.417. The SMILES string of the molecule is Nc1ccc(N2CCN(C(=O)C(Cl)(Cl)Cl)CC2)c(Cl)c1. The van der Waals surface area contributed by atoms with Crippen LogP contribution in [0.15, 0.2) is 18.2 Å². The summed E-state index contributed by atoms with van der Waals surface area (Å²) < 4.78 is -1.90. The summed E-state index contributed by atoms with van der Waals surface area (Å²) in [5.74, 6) is -0.495. The number of anilines is 2. The number of nitrogen functional groups attached to an aromatic ring is 1. The lowest BCUT2D eigenvalue weighted by atomic mass is 10.2. The van der Waals surface area contributed by atoms with Gasteiger partial charge in [0, 0.05) is 31.9 Å². The first-order chi connectivity index (χ1) is 9.29. The lowest BCUT2D eigenvalue weighted by molar-refractivity contribution is -0.130. The van der Waals surface area contributed by atoms with Gasteiger partial charge in [0.2, 0.25) is 0 Å². The maximum atomic E-state index is 11.8. The number of nitrogens with zero attached hydrogens (tertiary/aromatic N) is 2. The lowest BCUT2D eigenvalue weighted by Crippen LogP contribution is -2.51. The van der Waals surface area contributed by atoms with Crippen molar-refractivity contribution in [3.63, 3.8) is 0 Å². The number of benzene rings is 1. The zero-order valence-electron chi connectivity index (χ0n) is 10.5. The second kappa shape index (κ2) is 6.06. The molecular weight excluding hydrogens is 344 g/mol. The van der Waals surface area contributed by atoms with Gasteiger partial charge in [0.15, 0.2) is 0 Å². The van der Waals surface area contributed by atoms with Crippen molar-refractivity contribution in [2.24, 2.45) is 0 Å². The Hall–Kier alpha value is -0.550. The van der Waals surface area contributed by atoms with Crippen LogP contribution in [0.4, 0.5) is 11.4 Å². The van der Waals surface area contributed by atoms with E-state index in [4.69, 9.17) is 52.1 Å². The normalized spacial score (nSPS) is 16.4. The third-order valence-corrected chi connectivity index (χ3v) is 3.91. The molecule has 1 heterocycles. The highest BCUT2D eigenvalue weighted by Crippen LogP contribution is 2.31. The minimum atomic E-state index is -1.90. The van der Waals surface area contributed by atoms with E-state index in [2.05, 4.69) is 4.90 Å². The van der Waals surface area contributed by atoms with Crippen LogP contribution in [0.2, 0.25) is 5.02 Å². The zero-order valence-corrected chi connectivity index (χ0v) is 13.5. The van der Waals surface area contributed by atoms with Gasteiger partial charge in [0.1, 0.15) is 0 Å². The molecule has 0 spiro atoms. The van der Waals surface area contributed by atoms with Gasteiger partial charge in [-0.3, -0.25) is 4.79 Å². The Labute approximate surface area is 137 Å². The maximum Gasteiger partial charge on any atom is 0.274 e. The van der Waals surface area contributed by atoms with Crippen molar-refractivity contribution in [2.45, 2.75) is 3.79 Å². The van der Waals surface area contributed by atoms with Gasteiger partial charge in [-0.05, 0) is 18.2 Å². The van der Waals surface area contributed by atoms with Gasteiger partial charge in [0.05, 0.1) is 10.7 Å². The number of nitrogens with two attached hydrogens (primary N) is 1. The van der Waals surface area contributed by atoms with Crippen molar-refractivity contribution in [1.82, 2.24) is 4.90 Å². The number of alkyl halides is 3. The summed E-state index contributed by atoms with van der Waals surface area (Å²) >= 11 is 23.0. The van der Waals surface area contributed by atoms with Crippen LogP contribution in [-0.4, -0.2) is 40.8 Å². The predicted molar refractivity (Wildman–Crippen MR) is 84.9 cm³/mol. The van der Waals surface area contributed by atoms with Crippen LogP contribution in [-0.2, 0) is 4.79 Å². The van der Waals surface area contributed by atoms with E-state index < -0.39 is 9.70 Å². The number of carbonyl (C=O) groups excluding carboxylic acids is 1. The van der Waals surface area contributed by atoms with Crippen LogP contribution in [0.3, 0.4) is 0 Å². The molecule has 0 bridgehead atoms. The summed E-state index contributed by atoms with van der Waals surface area (Å²) in [7, 11) is 0. The number of hydrogen-bond donors (Lipinski definition) is 1. The van der Waals surface area contributed by atoms with E-state index in [0.717, 1.165) is 5.69 Å². The summed E-state index contributed by atoms with van der Waals surface area (Å²) in [4.78, 5) is 15.5. The molecule has 2 N–H and O–H groups in total. The monoisotopic (exact) mass is 355 g/mol. The Morgan fingerprint density at radius 1 is 1.15 bits per heavy atom. The topological polar surface area (TPSA) is 49.6 Å². The molecule has 110 valence electrons. The highest BCUT2D eigenvalue weighted by Gasteiger charge is 2.36. The molecule has 0 aliphatic carbocycles. The summed E-state index contributed by atoms with van der Waals surface area (Å²) in [6.45, 7) is 2.20. The van der Waals surface area contributed by atoms with Crippen molar-refractivity contribution in [2.75, 3.05) is 36.8 Å². The van der Waals surface area contributed by atoms with Gasteiger partial charge < -0.3 is 15.5 Å². The van der Waals surface area contributed by atoms with Crippen molar-refractivity contribution in [3.8, 4) is 0 Å². The molecule has 0 atom stereocenters. The number of amides is 1. The van der Waals surface area contributed by atoms with Crippen molar-refractivity contribution in [3.05, 3.63) is 23.2 Å². The molecule has 0 aromatic heterocycles. The molecule has 1 fully saturated rings. The van der Waals surface area contributed by atoms with Gasteiger partial charge >= 0.3 is 0 Å². The minimum absolute atomic E-state index is 0.480. The largest absolute Gasteiger partial charge is 0.399 e. The van der Waals surface area contributed by atoms with Crippen LogP contribution >= 0.6 is 46.4 Å². The maximum absolute atomic E-state index is 11.8. The average molecular weight is 357 g/mol. The summed E-state index contributed by atoms with van der Waals surface area (Å²) in [5, 5.41) is 0.589. The number of carbonyl (C=O) groups is 1. The van der Waals surface area contributed by atoms with Crippen LogP contribution in [0, 0.1) is 0 Å². The summed E-state index contributed by atoms with van der Waals surface area (Å²) in [5.41, 5.74) is 7.17. The molecule has 1 aromatic carbocycles. The van der Waals surface area contributed by atoms with E-state index in [0.29, 0.717) is 36.9 Å². The Morgan fingerprint density at radius 2 is 1.75 bits per heavy atom. The molecule has 4 nitrogen and oxygen atoms in total. The fourth-order valence-corrected chi connectivity index (χ4v) is 2.78. The quantitative estimate of drug-likeness (QED) is 0.621. The third-order valence-electron chi connectivity index (χ3n) is 3.12.